The summed E-state index contributed by atoms with van der Waals surface area (Å²) in [5.41, 5.74) is 4.51. The Hall–Kier alpha value is -2.23. The van der Waals surface area contributed by atoms with Gasteiger partial charge in [0.1, 0.15) is 17.0 Å². The van der Waals surface area contributed by atoms with Crippen LogP contribution in [-0.4, -0.2) is 58.0 Å². The van der Waals surface area contributed by atoms with Crippen molar-refractivity contribution in [3.63, 3.8) is 0 Å². The highest BCUT2D eigenvalue weighted by molar-refractivity contribution is 6.07. The van der Waals surface area contributed by atoms with Gasteiger partial charge in [0.25, 0.3) is 0 Å². The highest BCUT2D eigenvalue weighted by Crippen LogP contribution is 2.35. The third-order valence-electron chi connectivity index (χ3n) is 3.55. The number of carbonyl (C=O) groups is 2. The van der Waals surface area contributed by atoms with Crippen molar-refractivity contribution in [3.05, 3.63) is 0 Å². The molecule has 114 valence electrons. The highest BCUT2D eigenvalue weighted by Gasteiger charge is 2.59. The molecule has 1 saturated heterocycles. The third-order valence-corrected chi connectivity index (χ3v) is 3.55. The Morgan fingerprint density at radius 3 is 2.57 bits per heavy atom. The summed E-state index contributed by atoms with van der Waals surface area (Å²) in [6, 6.07) is -0.898. The quantitative estimate of drug-likeness (QED) is 0.724. The van der Waals surface area contributed by atoms with Crippen LogP contribution >= 0.6 is 0 Å². The van der Waals surface area contributed by atoms with Gasteiger partial charge in [-0.1, -0.05) is 5.92 Å². The van der Waals surface area contributed by atoms with E-state index in [0.717, 1.165) is 0 Å². The fourth-order valence-corrected chi connectivity index (χ4v) is 2.53. The van der Waals surface area contributed by atoms with Crippen LogP contribution in [0, 0.1) is 12.3 Å². The van der Waals surface area contributed by atoms with Crippen molar-refractivity contribution in [1.82, 2.24) is 9.80 Å². The number of terminal acetylenes is 1. The number of aliphatic imine (C=N–C) groups is 1. The molecule has 1 fully saturated rings. The van der Waals surface area contributed by atoms with Crippen molar-refractivity contribution >= 4 is 18.0 Å². The molecular weight excluding hydrogens is 272 g/mol. The summed E-state index contributed by atoms with van der Waals surface area (Å²) in [6.07, 6.45) is 4.96. The van der Waals surface area contributed by atoms with E-state index in [1.807, 2.05) is 0 Å². The minimum Gasteiger partial charge on any atom is -0.444 e. The standard InChI is InChI=1S/C14H20N4O3/c1-6-9(2)18-11(19)16-10(15)14(18)7-17(8-14)12(20)21-13(3,4)5/h1,9H,7-8H2,2-5H3,(H2,15,16,19). The van der Waals surface area contributed by atoms with Crippen LogP contribution in [0.4, 0.5) is 9.59 Å². The number of nitrogens with two attached hydrogens (primary N) is 1. The average molecular weight is 292 g/mol. The van der Waals surface area contributed by atoms with Crippen LogP contribution in [0.25, 0.3) is 0 Å². The number of carbonyl (C=O) groups excluding carboxylic acids is 2. The zero-order valence-corrected chi connectivity index (χ0v) is 12.7. The fourth-order valence-electron chi connectivity index (χ4n) is 2.53. The number of likely N-dealkylation sites (tertiary alicyclic amines) is 1. The number of amidine groups is 1. The first-order valence-electron chi connectivity index (χ1n) is 6.73. The van der Waals surface area contributed by atoms with E-state index >= 15 is 0 Å². The summed E-state index contributed by atoms with van der Waals surface area (Å²) in [7, 11) is 0. The van der Waals surface area contributed by atoms with Crippen molar-refractivity contribution in [3.8, 4) is 12.3 Å². The lowest BCUT2D eigenvalue weighted by molar-refractivity contribution is -0.0237. The summed E-state index contributed by atoms with van der Waals surface area (Å²) in [5, 5.41) is 0. The van der Waals surface area contributed by atoms with E-state index in [1.165, 1.54) is 9.80 Å². The molecule has 0 aromatic heterocycles. The van der Waals surface area contributed by atoms with E-state index in [0.29, 0.717) is 0 Å². The molecule has 3 amide bonds. The molecule has 2 rings (SSSR count). The summed E-state index contributed by atoms with van der Waals surface area (Å²) in [5.74, 6) is 2.71. The smallest absolute Gasteiger partial charge is 0.410 e. The van der Waals surface area contributed by atoms with Crippen LogP contribution < -0.4 is 5.73 Å². The van der Waals surface area contributed by atoms with Gasteiger partial charge in [-0.25, -0.2) is 9.59 Å². The minimum absolute atomic E-state index is 0.203. The Labute approximate surface area is 124 Å². The van der Waals surface area contributed by atoms with Gasteiger partial charge in [0.15, 0.2) is 0 Å². The predicted molar refractivity (Wildman–Crippen MR) is 77.7 cm³/mol. The van der Waals surface area contributed by atoms with E-state index in [-0.39, 0.29) is 18.9 Å². The number of urea groups is 1. The molecule has 1 spiro atoms. The number of hydrogen-bond acceptors (Lipinski definition) is 4. The Bertz CT molecular complexity index is 550. The fraction of sp³-hybridized carbons (Fsp3) is 0.643. The van der Waals surface area contributed by atoms with Crippen molar-refractivity contribution in [2.45, 2.75) is 44.9 Å². The molecule has 7 heteroatoms. The molecule has 1 unspecified atom stereocenters. The maximum Gasteiger partial charge on any atom is 0.410 e. The third kappa shape index (κ3) is 2.42. The molecule has 2 aliphatic heterocycles. The number of nitrogens with zero attached hydrogens (tertiary/aromatic N) is 3. The highest BCUT2D eigenvalue weighted by atomic mass is 16.6. The van der Waals surface area contributed by atoms with Crippen molar-refractivity contribution in [1.29, 1.82) is 0 Å². The molecule has 0 aromatic carbocycles. The molecule has 2 N–H and O–H groups in total. The van der Waals surface area contributed by atoms with E-state index in [2.05, 4.69) is 10.9 Å². The van der Waals surface area contributed by atoms with E-state index in [4.69, 9.17) is 16.9 Å². The van der Waals surface area contributed by atoms with Gasteiger partial charge in [-0.3, -0.25) is 4.90 Å². The zero-order chi connectivity index (χ0) is 16.0. The van der Waals surface area contributed by atoms with Gasteiger partial charge in [-0.2, -0.15) is 4.99 Å². The van der Waals surface area contributed by atoms with Gasteiger partial charge >= 0.3 is 12.1 Å². The summed E-state index contributed by atoms with van der Waals surface area (Å²) < 4.78 is 5.29. The molecule has 0 bridgehead atoms. The number of amides is 3. The molecule has 0 radical (unpaired) electrons. The van der Waals surface area contributed by atoms with Gasteiger partial charge in [-0.15, -0.1) is 6.42 Å². The molecule has 0 aliphatic carbocycles. The normalized spacial score (nSPS) is 21.7. The number of hydrogen-bond donors (Lipinski definition) is 1. The van der Waals surface area contributed by atoms with E-state index in [1.54, 1.807) is 27.7 Å². The predicted octanol–water partition coefficient (Wildman–Crippen LogP) is 0.790. The van der Waals surface area contributed by atoms with Crippen molar-refractivity contribution < 1.29 is 14.3 Å². The molecule has 21 heavy (non-hydrogen) atoms. The summed E-state index contributed by atoms with van der Waals surface area (Å²) in [6.45, 7) is 7.60. The lowest BCUT2D eigenvalue weighted by atomic mass is 9.86. The molecule has 2 aliphatic rings. The molecule has 7 nitrogen and oxygen atoms in total. The van der Waals surface area contributed by atoms with Gasteiger partial charge in [0.05, 0.1) is 19.1 Å². The van der Waals surface area contributed by atoms with Gasteiger partial charge in [-0.05, 0) is 27.7 Å². The van der Waals surface area contributed by atoms with E-state index in [9.17, 15) is 9.59 Å². The molecule has 0 aromatic rings. The largest absolute Gasteiger partial charge is 0.444 e. The topological polar surface area (TPSA) is 88.2 Å². The second-order valence-corrected chi connectivity index (χ2v) is 6.36. The van der Waals surface area contributed by atoms with Crippen LogP contribution in [-0.2, 0) is 4.74 Å². The lowest BCUT2D eigenvalue weighted by Crippen LogP contribution is -2.75. The Morgan fingerprint density at radius 1 is 1.52 bits per heavy atom. The van der Waals surface area contributed by atoms with E-state index < -0.39 is 29.3 Å². The maximum absolute atomic E-state index is 12.0. The average Bonchev–Trinajstić information content (AvgIpc) is 2.54. The first-order valence-corrected chi connectivity index (χ1v) is 6.73. The monoisotopic (exact) mass is 292 g/mol. The molecule has 2 heterocycles. The van der Waals surface area contributed by atoms with Gasteiger partial charge in [0, 0.05) is 0 Å². The lowest BCUT2D eigenvalue weighted by Gasteiger charge is -2.52. The van der Waals surface area contributed by atoms with Crippen LogP contribution in [0.2, 0.25) is 0 Å². The SMILES string of the molecule is C#CC(C)N1C(=O)N=C(N)C12CN(C(=O)OC(C)(C)C)C2. The molecule has 0 saturated carbocycles. The van der Waals surface area contributed by atoms with Crippen molar-refractivity contribution in [2.24, 2.45) is 10.7 Å². The first-order chi connectivity index (χ1) is 9.60. The van der Waals surface area contributed by atoms with Crippen LogP contribution in [0.1, 0.15) is 27.7 Å². The number of rotatable bonds is 1. The number of ether oxygens (including phenoxy) is 1. The molecular formula is C14H20N4O3. The van der Waals surface area contributed by atoms with Gasteiger partial charge in [0.2, 0.25) is 0 Å². The zero-order valence-electron chi connectivity index (χ0n) is 12.7. The second kappa shape index (κ2) is 4.65. The maximum atomic E-state index is 12.0. The van der Waals surface area contributed by atoms with Crippen LogP contribution in [0.15, 0.2) is 4.99 Å². The Morgan fingerprint density at radius 2 is 2.10 bits per heavy atom. The summed E-state index contributed by atoms with van der Waals surface area (Å²) >= 11 is 0. The van der Waals surface area contributed by atoms with Crippen LogP contribution in [0.3, 0.4) is 0 Å². The Kier molecular flexibility index (Phi) is 3.36. The second-order valence-electron chi connectivity index (χ2n) is 6.36. The summed E-state index contributed by atoms with van der Waals surface area (Å²) in [4.78, 5) is 30.7. The van der Waals surface area contributed by atoms with Crippen molar-refractivity contribution in [2.75, 3.05) is 13.1 Å². The first kappa shape index (κ1) is 15.2. The molecule has 1 atom stereocenters. The van der Waals surface area contributed by atoms with Crippen LogP contribution in [0.5, 0.6) is 0 Å². The van der Waals surface area contributed by atoms with Gasteiger partial charge < -0.3 is 15.4 Å². The minimum atomic E-state index is -0.792. The Balaban J connectivity index is 2.12.